The monoisotopic (exact) mass is 272 g/mol. The van der Waals surface area contributed by atoms with Crippen LogP contribution in [0.3, 0.4) is 0 Å². The Labute approximate surface area is 118 Å². The number of carbonyl (C=O) groups excluding carboxylic acids is 1. The second-order valence-electron chi connectivity index (χ2n) is 6.71. The van der Waals surface area contributed by atoms with Crippen molar-refractivity contribution < 1.29 is 13.9 Å². The summed E-state index contributed by atoms with van der Waals surface area (Å²) in [7, 11) is 0. The van der Waals surface area contributed by atoms with Gasteiger partial charge < -0.3 is 9.15 Å². The Morgan fingerprint density at radius 2 is 2.00 bits per heavy atom. The zero-order valence-corrected chi connectivity index (χ0v) is 12.2. The average Bonchev–Trinajstić information content (AvgIpc) is 3.00. The van der Waals surface area contributed by atoms with Gasteiger partial charge in [0.25, 0.3) is 0 Å². The van der Waals surface area contributed by atoms with Crippen molar-refractivity contribution in [2.45, 2.75) is 45.6 Å². The average molecular weight is 272 g/mol. The SMILES string of the molecule is CC(C)(C)OC(=O)C1(Cc2cc3ccccc3o2)CC1. The van der Waals surface area contributed by atoms with Gasteiger partial charge in [0.2, 0.25) is 0 Å². The molecule has 0 amide bonds. The number of hydrogen-bond donors (Lipinski definition) is 0. The van der Waals surface area contributed by atoms with Gasteiger partial charge in [-0.15, -0.1) is 0 Å². The van der Waals surface area contributed by atoms with Crippen LogP contribution in [0.5, 0.6) is 0 Å². The molecule has 1 aromatic heterocycles. The topological polar surface area (TPSA) is 39.4 Å². The third-order valence-corrected chi connectivity index (χ3v) is 3.67. The molecule has 1 saturated carbocycles. The number of esters is 1. The molecular weight excluding hydrogens is 252 g/mol. The molecule has 20 heavy (non-hydrogen) atoms. The van der Waals surface area contributed by atoms with E-state index in [0.29, 0.717) is 6.42 Å². The van der Waals surface area contributed by atoms with E-state index in [9.17, 15) is 4.79 Å². The summed E-state index contributed by atoms with van der Waals surface area (Å²) in [5, 5.41) is 1.09. The van der Waals surface area contributed by atoms with Gasteiger partial charge in [-0.05, 0) is 45.7 Å². The Kier molecular flexibility index (Phi) is 2.89. The van der Waals surface area contributed by atoms with Crippen LogP contribution in [0.2, 0.25) is 0 Å². The van der Waals surface area contributed by atoms with Gasteiger partial charge in [0.05, 0.1) is 5.41 Å². The predicted octanol–water partition coefficient (Wildman–Crippen LogP) is 4.10. The molecule has 0 N–H and O–H groups in total. The molecule has 1 aromatic carbocycles. The Morgan fingerprint density at radius 3 is 2.60 bits per heavy atom. The fourth-order valence-corrected chi connectivity index (χ4v) is 2.45. The molecule has 0 bridgehead atoms. The summed E-state index contributed by atoms with van der Waals surface area (Å²) in [5.74, 6) is 0.778. The van der Waals surface area contributed by atoms with E-state index in [0.717, 1.165) is 29.6 Å². The molecule has 3 heteroatoms. The van der Waals surface area contributed by atoms with E-state index in [4.69, 9.17) is 9.15 Å². The molecule has 0 radical (unpaired) electrons. The Morgan fingerprint density at radius 1 is 1.30 bits per heavy atom. The van der Waals surface area contributed by atoms with Gasteiger partial charge in [0.15, 0.2) is 0 Å². The number of furan rings is 1. The van der Waals surface area contributed by atoms with Gasteiger partial charge in [-0.1, -0.05) is 18.2 Å². The molecule has 106 valence electrons. The molecule has 1 heterocycles. The number of hydrogen-bond acceptors (Lipinski definition) is 3. The van der Waals surface area contributed by atoms with Crippen LogP contribution in [0.15, 0.2) is 34.7 Å². The molecule has 0 atom stereocenters. The van der Waals surface area contributed by atoms with E-state index in [1.165, 1.54) is 0 Å². The van der Waals surface area contributed by atoms with Gasteiger partial charge in [-0.25, -0.2) is 0 Å². The molecule has 0 unspecified atom stereocenters. The Bertz CT molecular complexity index is 609. The predicted molar refractivity (Wildman–Crippen MR) is 77.4 cm³/mol. The molecule has 0 saturated heterocycles. The molecule has 1 aliphatic carbocycles. The highest BCUT2D eigenvalue weighted by Gasteiger charge is 2.52. The summed E-state index contributed by atoms with van der Waals surface area (Å²) in [6, 6.07) is 9.94. The maximum absolute atomic E-state index is 12.3. The van der Waals surface area contributed by atoms with Gasteiger partial charge >= 0.3 is 5.97 Å². The lowest BCUT2D eigenvalue weighted by Crippen LogP contribution is -2.30. The summed E-state index contributed by atoms with van der Waals surface area (Å²) in [5.41, 5.74) is 0.0873. The largest absolute Gasteiger partial charge is 0.461 e. The molecule has 1 aliphatic rings. The zero-order valence-electron chi connectivity index (χ0n) is 12.2. The van der Waals surface area contributed by atoms with Crippen LogP contribution in [0, 0.1) is 5.41 Å². The Hall–Kier alpha value is -1.77. The van der Waals surface area contributed by atoms with Crippen molar-refractivity contribution in [1.29, 1.82) is 0 Å². The number of carbonyl (C=O) groups is 1. The fraction of sp³-hybridized carbons (Fsp3) is 0.471. The first-order chi connectivity index (χ1) is 9.38. The molecule has 0 spiro atoms. The number of fused-ring (bicyclic) bond motifs is 1. The highest BCUT2D eigenvalue weighted by Crippen LogP contribution is 2.50. The van der Waals surface area contributed by atoms with E-state index >= 15 is 0 Å². The van der Waals surface area contributed by atoms with Crippen molar-refractivity contribution in [3.05, 3.63) is 36.1 Å². The lowest BCUT2D eigenvalue weighted by atomic mass is 10.0. The van der Waals surface area contributed by atoms with Gasteiger partial charge in [0, 0.05) is 11.8 Å². The van der Waals surface area contributed by atoms with E-state index in [1.54, 1.807) is 0 Å². The number of benzene rings is 1. The lowest BCUT2D eigenvalue weighted by molar-refractivity contribution is -0.161. The lowest BCUT2D eigenvalue weighted by Gasteiger charge is -2.23. The first-order valence-corrected chi connectivity index (χ1v) is 7.09. The van der Waals surface area contributed by atoms with Crippen LogP contribution < -0.4 is 0 Å². The van der Waals surface area contributed by atoms with Crippen molar-refractivity contribution in [3.8, 4) is 0 Å². The van der Waals surface area contributed by atoms with E-state index in [1.807, 2.05) is 51.1 Å². The number of ether oxygens (including phenoxy) is 1. The van der Waals surface area contributed by atoms with Crippen molar-refractivity contribution in [2.24, 2.45) is 5.41 Å². The van der Waals surface area contributed by atoms with Gasteiger partial charge in [-0.2, -0.15) is 0 Å². The summed E-state index contributed by atoms with van der Waals surface area (Å²) in [4.78, 5) is 12.3. The summed E-state index contributed by atoms with van der Waals surface area (Å²) >= 11 is 0. The van der Waals surface area contributed by atoms with Crippen LogP contribution in [-0.4, -0.2) is 11.6 Å². The minimum absolute atomic E-state index is 0.0922. The third-order valence-electron chi connectivity index (χ3n) is 3.67. The van der Waals surface area contributed by atoms with Crippen molar-refractivity contribution in [1.82, 2.24) is 0 Å². The van der Waals surface area contributed by atoms with Crippen molar-refractivity contribution >= 4 is 16.9 Å². The summed E-state index contributed by atoms with van der Waals surface area (Å²) in [6.07, 6.45) is 2.41. The molecule has 0 aliphatic heterocycles. The standard InChI is InChI=1S/C17H20O3/c1-16(2,3)20-15(18)17(8-9-17)11-13-10-12-6-4-5-7-14(12)19-13/h4-7,10H,8-9,11H2,1-3H3. The highest BCUT2D eigenvalue weighted by molar-refractivity contribution is 5.81. The van der Waals surface area contributed by atoms with Crippen LogP contribution >= 0.6 is 0 Å². The van der Waals surface area contributed by atoms with Crippen molar-refractivity contribution in [2.75, 3.05) is 0 Å². The van der Waals surface area contributed by atoms with Crippen LogP contribution in [0.25, 0.3) is 11.0 Å². The molecular formula is C17H20O3. The quantitative estimate of drug-likeness (QED) is 0.790. The molecule has 3 rings (SSSR count). The maximum atomic E-state index is 12.3. The molecule has 2 aromatic rings. The van der Waals surface area contributed by atoms with Crippen molar-refractivity contribution in [3.63, 3.8) is 0 Å². The normalized spacial score (nSPS) is 17.1. The number of para-hydroxylation sites is 1. The summed E-state index contributed by atoms with van der Waals surface area (Å²) in [6.45, 7) is 5.71. The minimum Gasteiger partial charge on any atom is -0.461 e. The Balaban J connectivity index is 1.78. The van der Waals surface area contributed by atoms with Gasteiger partial charge in [0.1, 0.15) is 16.9 Å². The number of rotatable bonds is 3. The second kappa shape index (κ2) is 4.37. The highest BCUT2D eigenvalue weighted by atomic mass is 16.6. The zero-order chi connectivity index (χ0) is 14.4. The van der Waals surface area contributed by atoms with Crippen LogP contribution in [0.4, 0.5) is 0 Å². The first-order valence-electron chi connectivity index (χ1n) is 7.09. The third kappa shape index (κ3) is 2.58. The summed E-state index contributed by atoms with van der Waals surface area (Å²) < 4.78 is 11.3. The second-order valence-corrected chi connectivity index (χ2v) is 6.71. The van der Waals surface area contributed by atoms with E-state index in [-0.39, 0.29) is 11.4 Å². The van der Waals surface area contributed by atoms with Crippen LogP contribution in [0.1, 0.15) is 39.4 Å². The van der Waals surface area contributed by atoms with Crippen LogP contribution in [-0.2, 0) is 16.0 Å². The first kappa shape index (κ1) is 13.2. The smallest absolute Gasteiger partial charge is 0.313 e. The van der Waals surface area contributed by atoms with Gasteiger partial charge in [-0.3, -0.25) is 4.79 Å². The minimum atomic E-state index is -0.430. The maximum Gasteiger partial charge on any atom is 0.313 e. The molecule has 3 nitrogen and oxygen atoms in total. The molecule has 1 fully saturated rings. The van der Waals surface area contributed by atoms with E-state index in [2.05, 4.69) is 0 Å². The fourth-order valence-electron chi connectivity index (χ4n) is 2.45. The van der Waals surface area contributed by atoms with E-state index < -0.39 is 5.60 Å².